The first-order valence-electron chi connectivity index (χ1n) is 9.12. The van der Waals surface area contributed by atoms with E-state index in [1.54, 1.807) is 31.5 Å². The van der Waals surface area contributed by atoms with Crippen LogP contribution in [0.4, 0.5) is 0 Å². The number of carbonyl (C=O) groups excluding carboxylic acids is 1. The van der Waals surface area contributed by atoms with E-state index >= 15 is 0 Å². The molecule has 0 aliphatic heterocycles. The SMILES string of the molecule is COc1ccc(C(=O)NN=Cc2ccc(OCc3ccc(Cl)cc3)cc2)c(OC)c1. The predicted molar refractivity (Wildman–Crippen MR) is 117 cm³/mol. The van der Waals surface area contributed by atoms with Gasteiger partial charge in [-0.1, -0.05) is 23.7 Å². The van der Waals surface area contributed by atoms with Crippen LogP contribution in [-0.4, -0.2) is 26.3 Å². The van der Waals surface area contributed by atoms with Crippen LogP contribution in [0.2, 0.25) is 5.02 Å². The van der Waals surface area contributed by atoms with Crippen molar-refractivity contribution < 1.29 is 19.0 Å². The number of carbonyl (C=O) groups is 1. The van der Waals surface area contributed by atoms with Crippen molar-refractivity contribution in [1.29, 1.82) is 0 Å². The van der Waals surface area contributed by atoms with Crippen molar-refractivity contribution in [1.82, 2.24) is 5.43 Å². The fraction of sp³-hybridized carbons (Fsp3) is 0.130. The molecule has 0 saturated heterocycles. The summed E-state index contributed by atoms with van der Waals surface area (Å²) < 4.78 is 16.1. The zero-order valence-electron chi connectivity index (χ0n) is 16.6. The monoisotopic (exact) mass is 424 g/mol. The first-order valence-corrected chi connectivity index (χ1v) is 9.49. The van der Waals surface area contributed by atoms with Crippen LogP contribution in [0.1, 0.15) is 21.5 Å². The average molecular weight is 425 g/mol. The van der Waals surface area contributed by atoms with Gasteiger partial charge in [0.25, 0.3) is 5.91 Å². The van der Waals surface area contributed by atoms with Gasteiger partial charge in [0.1, 0.15) is 23.9 Å². The number of nitrogens with zero attached hydrogens (tertiary/aromatic N) is 1. The number of halogens is 1. The third-order valence-electron chi connectivity index (χ3n) is 4.23. The molecule has 3 aromatic carbocycles. The van der Waals surface area contributed by atoms with E-state index < -0.39 is 0 Å². The average Bonchev–Trinajstić information content (AvgIpc) is 2.79. The lowest BCUT2D eigenvalue weighted by molar-refractivity contribution is 0.0952. The van der Waals surface area contributed by atoms with Gasteiger partial charge in [-0.05, 0) is 59.7 Å². The Morgan fingerprint density at radius 1 is 0.967 bits per heavy atom. The standard InChI is InChI=1S/C23H21ClN2O4/c1-28-20-11-12-21(22(13-20)29-2)23(27)26-25-14-16-5-9-19(10-6-16)30-15-17-3-7-18(24)8-4-17/h3-14H,15H2,1-2H3,(H,26,27). The first kappa shape index (κ1) is 21.2. The Morgan fingerprint density at radius 3 is 2.33 bits per heavy atom. The van der Waals surface area contributed by atoms with Crippen molar-refractivity contribution in [3.8, 4) is 17.2 Å². The minimum Gasteiger partial charge on any atom is -0.497 e. The van der Waals surface area contributed by atoms with Gasteiger partial charge in [0.2, 0.25) is 0 Å². The van der Waals surface area contributed by atoms with E-state index in [0.29, 0.717) is 28.7 Å². The molecule has 0 atom stereocenters. The number of hydrogen-bond acceptors (Lipinski definition) is 5. The van der Waals surface area contributed by atoms with Gasteiger partial charge in [0.05, 0.1) is 26.0 Å². The van der Waals surface area contributed by atoms with Crippen molar-refractivity contribution >= 4 is 23.7 Å². The van der Waals surface area contributed by atoms with Crippen LogP contribution in [0, 0.1) is 0 Å². The quantitative estimate of drug-likeness (QED) is 0.420. The molecule has 154 valence electrons. The predicted octanol–water partition coefficient (Wildman–Crippen LogP) is 4.70. The van der Waals surface area contributed by atoms with E-state index in [4.69, 9.17) is 25.8 Å². The Bertz CT molecular complexity index is 1020. The Labute approximate surface area is 180 Å². The number of rotatable bonds is 8. The second kappa shape index (κ2) is 10.3. The molecule has 1 N–H and O–H groups in total. The zero-order chi connectivity index (χ0) is 21.3. The van der Waals surface area contributed by atoms with Gasteiger partial charge in [0, 0.05) is 11.1 Å². The van der Waals surface area contributed by atoms with Gasteiger partial charge in [-0.25, -0.2) is 5.43 Å². The van der Waals surface area contributed by atoms with Crippen molar-refractivity contribution in [3.63, 3.8) is 0 Å². The van der Waals surface area contributed by atoms with Crippen LogP contribution in [-0.2, 0) is 6.61 Å². The summed E-state index contributed by atoms with van der Waals surface area (Å²) in [4.78, 5) is 12.3. The van der Waals surface area contributed by atoms with E-state index in [0.717, 1.165) is 16.9 Å². The van der Waals surface area contributed by atoms with Gasteiger partial charge in [-0.2, -0.15) is 5.10 Å². The molecule has 0 heterocycles. The number of ether oxygens (including phenoxy) is 3. The highest BCUT2D eigenvalue weighted by atomic mass is 35.5. The number of amides is 1. The second-order valence-electron chi connectivity index (χ2n) is 6.25. The van der Waals surface area contributed by atoms with E-state index in [1.165, 1.54) is 7.11 Å². The molecule has 0 radical (unpaired) electrons. The molecule has 6 nitrogen and oxygen atoms in total. The number of nitrogens with one attached hydrogen (secondary N) is 1. The molecule has 3 rings (SSSR count). The molecule has 0 saturated carbocycles. The largest absolute Gasteiger partial charge is 0.497 e. The Kier molecular flexibility index (Phi) is 7.29. The lowest BCUT2D eigenvalue weighted by Gasteiger charge is -2.09. The Balaban J connectivity index is 1.55. The molecule has 1 amide bonds. The highest BCUT2D eigenvalue weighted by Gasteiger charge is 2.12. The van der Waals surface area contributed by atoms with Crippen LogP contribution in [0.3, 0.4) is 0 Å². The molecule has 0 fully saturated rings. The molecule has 0 aromatic heterocycles. The van der Waals surface area contributed by atoms with Gasteiger partial charge in [-0.3, -0.25) is 4.79 Å². The fourth-order valence-corrected chi connectivity index (χ4v) is 2.74. The van der Waals surface area contributed by atoms with Crippen LogP contribution >= 0.6 is 11.6 Å². The molecule has 0 aliphatic rings. The lowest BCUT2D eigenvalue weighted by Crippen LogP contribution is -2.18. The molecule has 7 heteroatoms. The number of benzene rings is 3. The summed E-state index contributed by atoms with van der Waals surface area (Å²) in [5.41, 5.74) is 4.70. The van der Waals surface area contributed by atoms with Gasteiger partial charge < -0.3 is 14.2 Å². The third kappa shape index (κ3) is 5.75. The van der Waals surface area contributed by atoms with Crippen molar-refractivity contribution in [2.45, 2.75) is 6.61 Å². The Morgan fingerprint density at radius 2 is 1.67 bits per heavy atom. The molecule has 0 bridgehead atoms. The van der Waals surface area contributed by atoms with Gasteiger partial charge in [0.15, 0.2) is 0 Å². The van der Waals surface area contributed by atoms with E-state index in [1.807, 2.05) is 48.5 Å². The first-order chi connectivity index (χ1) is 14.6. The fourth-order valence-electron chi connectivity index (χ4n) is 2.61. The highest BCUT2D eigenvalue weighted by Crippen LogP contribution is 2.24. The summed E-state index contributed by atoms with van der Waals surface area (Å²) in [7, 11) is 3.04. The minimum atomic E-state index is -0.381. The minimum absolute atomic E-state index is 0.362. The molecule has 0 unspecified atom stereocenters. The van der Waals surface area contributed by atoms with E-state index in [-0.39, 0.29) is 5.91 Å². The normalized spacial score (nSPS) is 10.6. The van der Waals surface area contributed by atoms with Crippen LogP contribution in [0.15, 0.2) is 71.8 Å². The number of hydrogen-bond donors (Lipinski definition) is 1. The summed E-state index contributed by atoms with van der Waals surface area (Å²) >= 11 is 5.88. The number of methoxy groups -OCH3 is 2. The molecular weight excluding hydrogens is 404 g/mol. The highest BCUT2D eigenvalue weighted by molar-refractivity contribution is 6.30. The third-order valence-corrected chi connectivity index (χ3v) is 4.48. The summed E-state index contributed by atoms with van der Waals surface area (Å²) in [6.45, 7) is 0.449. The molecule has 0 spiro atoms. The molecule has 3 aromatic rings. The van der Waals surface area contributed by atoms with Crippen LogP contribution in [0.5, 0.6) is 17.2 Å². The van der Waals surface area contributed by atoms with Crippen molar-refractivity contribution in [2.24, 2.45) is 5.10 Å². The smallest absolute Gasteiger partial charge is 0.275 e. The summed E-state index contributed by atoms with van der Waals surface area (Å²) in [6, 6.07) is 19.8. The lowest BCUT2D eigenvalue weighted by atomic mass is 10.2. The maximum absolute atomic E-state index is 12.3. The zero-order valence-corrected chi connectivity index (χ0v) is 17.3. The van der Waals surface area contributed by atoms with Crippen molar-refractivity contribution in [3.05, 3.63) is 88.4 Å². The summed E-state index contributed by atoms with van der Waals surface area (Å²) in [5, 5.41) is 4.70. The van der Waals surface area contributed by atoms with Crippen LogP contribution < -0.4 is 19.6 Å². The second-order valence-corrected chi connectivity index (χ2v) is 6.69. The molecule has 30 heavy (non-hydrogen) atoms. The number of hydrazone groups is 1. The maximum Gasteiger partial charge on any atom is 0.275 e. The van der Waals surface area contributed by atoms with Gasteiger partial charge >= 0.3 is 0 Å². The van der Waals surface area contributed by atoms with Crippen molar-refractivity contribution in [2.75, 3.05) is 14.2 Å². The molecular formula is C23H21ClN2O4. The van der Waals surface area contributed by atoms with Gasteiger partial charge in [-0.15, -0.1) is 0 Å². The topological polar surface area (TPSA) is 69.2 Å². The van der Waals surface area contributed by atoms with E-state index in [9.17, 15) is 4.79 Å². The van der Waals surface area contributed by atoms with Crippen LogP contribution in [0.25, 0.3) is 0 Å². The Hall–Kier alpha value is -3.51. The molecule has 0 aliphatic carbocycles. The maximum atomic E-state index is 12.3. The summed E-state index contributed by atoms with van der Waals surface area (Å²) in [5.74, 6) is 1.36. The summed E-state index contributed by atoms with van der Waals surface area (Å²) in [6.07, 6.45) is 1.55. The van der Waals surface area contributed by atoms with E-state index in [2.05, 4.69) is 10.5 Å².